The second-order valence-corrected chi connectivity index (χ2v) is 2.94. The number of esters is 2. The third-order valence-electron chi connectivity index (χ3n) is 1.52. The largest absolute Gasteiger partial charge is 0.466 e. The lowest BCUT2D eigenvalue weighted by atomic mass is 10.2. The maximum atomic E-state index is 10.4. The van der Waals surface area contributed by atoms with E-state index in [1.165, 1.54) is 13.8 Å². The summed E-state index contributed by atoms with van der Waals surface area (Å²) in [5.74, 6) is -0.577. The Morgan fingerprint density at radius 2 is 1.64 bits per heavy atom. The molecule has 0 unspecified atom stereocenters. The molecule has 0 aromatic carbocycles. The molecule has 0 aliphatic heterocycles. The van der Waals surface area contributed by atoms with Crippen molar-refractivity contribution in [2.24, 2.45) is 0 Å². The highest BCUT2D eigenvalue weighted by atomic mass is 16.5. The molecule has 0 spiro atoms. The Hall–Kier alpha value is -1.32. The van der Waals surface area contributed by atoms with Gasteiger partial charge in [-0.15, -0.1) is 0 Å². The zero-order valence-corrected chi connectivity index (χ0v) is 8.83. The van der Waals surface area contributed by atoms with E-state index in [4.69, 9.17) is 9.47 Å². The first-order valence-electron chi connectivity index (χ1n) is 4.44. The lowest BCUT2D eigenvalue weighted by molar-refractivity contribution is -0.141. The lowest BCUT2D eigenvalue weighted by Crippen LogP contribution is -2.02. The Kier molecular flexibility index (Phi) is 6.45. The molecule has 4 nitrogen and oxygen atoms in total. The van der Waals surface area contributed by atoms with Crippen molar-refractivity contribution in [3.8, 4) is 0 Å². The molecule has 0 heterocycles. The van der Waals surface area contributed by atoms with Crippen molar-refractivity contribution in [3.05, 3.63) is 11.6 Å². The van der Waals surface area contributed by atoms with Crippen LogP contribution in [0.1, 0.15) is 27.2 Å². The van der Waals surface area contributed by atoms with E-state index in [9.17, 15) is 9.59 Å². The summed E-state index contributed by atoms with van der Waals surface area (Å²) in [5.41, 5.74) is 1.03. The Morgan fingerprint density at radius 1 is 1.07 bits per heavy atom. The van der Waals surface area contributed by atoms with Gasteiger partial charge in [0, 0.05) is 20.3 Å². The second-order valence-electron chi connectivity index (χ2n) is 2.94. The Labute approximate surface area is 83.9 Å². The van der Waals surface area contributed by atoms with Gasteiger partial charge in [-0.1, -0.05) is 5.57 Å². The minimum absolute atomic E-state index is 0.279. The second kappa shape index (κ2) is 7.12. The van der Waals surface area contributed by atoms with Gasteiger partial charge in [0.05, 0.1) is 6.61 Å². The van der Waals surface area contributed by atoms with Crippen molar-refractivity contribution in [1.29, 1.82) is 0 Å². The van der Waals surface area contributed by atoms with Gasteiger partial charge in [-0.05, 0) is 13.0 Å². The Balaban J connectivity index is 3.56. The molecule has 0 fully saturated rings. The van der Waals surface area contributed by atoms with E-state index < -0.39 is 0 Å². The molecule has 0 aromatic rings. The van der Waals surface area contributed by atoms with Gasteiger partial charge < -0.3 is 9.47 Å². The van der Waals surface area contributed by atoms with Gasteiger partial charge in [-0.2, -0.15) is 0 Å². The van der Waals surface area contributed by atoms with Crippen LogP contribution in [0.25, 0.3) is 0 Å². The van der Waals surface area contributed by atoms with Gasteiger partial charge in [0.2, 0.25) is 0 Å². The molecule has 4 heteroatoms. The van der Waals surface area contributed by atoms with E-state index in [1.807, 2.05) is 6.92 Å². The van der Waals surface area contributed by atoms with Crippen molar-refractivity contribution in [3.63, 3.8) is 0 Å². The highest BCUT2D eigenvalue weighted by Crippen LogP contribution is 2.00. The lowest BCUT2D eigenvalue weighted by Gasteiger charge is -2.02. The third-order valence-corrected chi connectivity index (χ3v) is 1.52. The summed E-state index contributed by atoms with van der Waals surface area (Å²) in [5, 5.41) is 0. The Bertz CT molecular complexity index is 230. The molecule has 0 aliphatic carbocycles. The minimum atomic E-state index is -0.297. The van der Waals surface area contributed by atoms with Crippen LogP contribution in [0.15, 0.2) is 11.6 Å². The number of hydrogen-bond acceptors (Lipinski definition) is 4. The molecule has 0 saturated heterocycles. The molecule has 0 rings (SSSR count). The van der Waals surface area contributed by atoms with Crippen LogP contribution in [0.5, 0.6) is 0 Å². The fourth-order valence-corrected chi connectivity index (χ4v) is 0.759. The third kappa shape index (κ3) is 8.77. The van der Waals surface area contributed by atoms with Crippen LogP contribution in [0.4, 0.5) is 0 Å². The standard InChI is InChI=1S/C10H16O4/c1-8(4-6-13-9(2)11)5-7-14-10(3)12/h4H,5-7H2,1-3H3/b8-4+. The maximum Gasteiger partial charge on any atom is 0.302 e. The fourth-order valence-electron chi connectivity index (χ4n) is 0.759. The first kappa shape index (κ1) is 12.7. The van der Waals surface area contributed by atoms with E-state index >= 15 is 0 Å². The molecule has 80 valence electrons. The van der Waals surface area contributed by atoms with Crippen LogP contribution in [-0.2, 0) is 19.1 Å². The maximum absolute atomic E-state index is 10.4. The predicted molar refractivity (Wildman–Crippen MR) is 51.6 cm³/mol. The SMILES string of the molecule is CC(=O)OC/C=C(\C)CCOC(C)=O. The molecule has 0 radical (unpaired) electrons. The van der Waals surface area contributed by atoms with Crippen LogP contribution in [0.3, 0.4) is 0 Å². The number of hydrogen-bond donors (Lipinski definition) is 0. The van der Waals surface area contributed by atoms with Crippen LogP contribution in [0, 0.1) is 0 Å². The van der Waals surface area contributed by atoms with E-state index in [1.54, 1.807) is 6.08 Å². The van der Waals surface area contributed by atoms with Crippen molar-refractivity contribution < 1.29 is 19.1 Å². The fraction of sp³-hybridized carbons (Fsp3) is 0.600. The van der Waals surface area contributed by atoms with Gasteiger partial charge >= 0.3 is 11.9 Å². The average molecular weight is 200 g/mol. The molecule has 0 aromatic heterocycles. The highest BCUT2D eigenvalue weighted by Gasteiger charge is 1.95. The summed E-state index contributed by atoms with van der Waals surface area (Å²) >= 11 is 0. The van der Waals surface area contributed by atoms with Crippen LogP contribution < -0.4 is 0 Å². The summed E-state index contributed by atoms with van der Waals surface area (Å²) in [7, 11) is 0. The first-order valence-corrected chi connectivity index (χ1v) is 4.44. The van der Waals surface area contributed by atoms with Crippen molar-refractivity contribution in [2.75, 3.05) is 13.2 Å². The molecular formula is C10H16O4. The molecular weight excluding hydrogens is 184 g/mol. The summed E-state index contributed by atoms with van der Waals surface area (Å²) in [4.78, 5) is 20.8. The first-order chi connectivity index (χ1) is 6.52. The van der Waals surface area contributed by atoms with Gasteiger partial charge in [-0.3, -0.25) is 9.59 Å². The summed E-state index contributed by atoms with van der Waals surface area (Å²) in [6.45, 7) is 5.28. The molecule has 0 aliphatic rings. The van der Waals surface area contributed by atoms with Crippen molar-refractivity contribution in [1.82, 2.24) is 0 Å². The molecule has 0 atom stereocenters. The average Bonchev–Trinajstić information content (AvgIpc) is 2.02. The van der Waals surface area contributed by atoms with E-state index in [0.717, 1.165) is 5.57 Å². The predicted octanol–water partition coefficient (Wildman–Crippen LogP) is 1.45. The number of carbonyl (C=O) groups is 2. The van der Waals surface area contributed by atoms with Crippen molar-refractivity contribution >= 4 is 11.9 Å². The smallest absolute Gasteiger partial charge is 0.302 e. The van der Waals surface area contributed by atoms with Crippen LogP contribution >= 0.6 is 0 Å². The van der Waals surface area contributed by atoms with Gasteiger partial charge in [0.1, 0.15) is 6.61 Å². The summed E-state index contributed by atoms with van der Waals surface area (Å²) in [6.07, 6.45) is 2.46. The normalized spacial score (nSPS) is 10.9. The zero-order chi connectivity index (χ0) is 11.0. The monoisotopic (exact) mass is 200 g/mol. The summed E-state index contributed by atoms with van der Waals surface area (Å²) in [6, 6.07) is 0. The zero-order valence-electron chi connectivity index (χ0n) is 8.83. The van der Waals surface area contributed by atoms with Crippen molar-refractivity contribution in [2.45, 2.75) is 27.2 Å². The van der Waals surface area contributed by atoms with E-state index in [2.05, 4.69) is 0 Å². The van der Waals surface area contributed by atoms with E-state index in [0.29, 0.717) is 13.0 Å². The van der Waals surface area contributed by atoms with Crippen LogP contribution in [-0.4, -0.2) is 25.2 Å². The molecule has 0 saturated carbocycles. The van der Waals surface area contributed by atoms with Gasteiger partial charge in [-0.25, -0.2) is 0 Å². The van der Waals surface area contributed by atoms with Gasteiger partial charge in [0.15, 0.2) is 0 Å². The number of ether oxygens (including phenoxy) is 2. The van der Waals surface area contributed by atoms with Gasteiger partial charge in [0.25, 0.3) is 0 Å². The molecule has 14 heavy (non-hydrogen) atoms. The molecule has 0 bridgehead atoms. The van der Waals surface area contributed by atoms with Crippen LogP contribution in [0.2, 0.25) is 0 Å². The highest BCUT2D eigenvalue weighted by molar-refractivity contribution is 5.66. The quantitative estimate of drug-likeness (QED) is 0.498. The number of rotatable bonds is 5. The number of carbonyl (C=O) groups excluding carboxylic acids is 2. The molecule has 0 N–H and O–H groups in total. The minimum Gasteiger partial charge on any atom is -0.466 e. The Morgan fingerprint density at radius 3 is 2.14 bits per heavy atom. The summed E-state index contributed by atoms with van der Waals surface area (Å²) < 4.78 is 9.47. The molecule has 0 amide bonds. The van der Waals surface area contributed by atoms with E-state index in [-0.39, 0.29) is 18.5 Å². The topological polar surface area (TPSA) is 52.6 Å².